The molecule has 11 heteroatoms. The van der Waals surface area contributed by atoms with Crippen LogP contribution in [0.5, 0.6) is 0 Å². The van der Waals surface area contributed by atoms with E-state index < -0.39 is 0 Å². The minimum Gasteiger partial charge on any atom is -0.370 e. The van der Waals surface area contributed by atoms with Gasteiger partial charge in [-0.05, 0) is 55.8 Å². The molecule has 2 saturated heterocycles. The van der Waals surface area contributed by atoms with Crippen molar-refractivity contribution in [3.05, 3.63) is 45.7 Å². The number of aromatic nitrogens is 4. The zero-order valence-corrected chi connectivity index (χ0v) is 21.6. The van der Waals surface area contributed by atoms with Crippen LogP contribution in [0.25, 0.3) is 11.2 Å². The van der Waals surface area contributed by atoms with E-state index in [9.17, 15) is 10.1 Å². The van der Waals surface area contributed by atoms with Gasteiger partial charge >= 0.3 is 0 Å². The largest absolute Gasteiger partial charge is 0.370 e. The highest BCUT2D eigenvalue weighted by molar-refractivity contribution is 6.35. The van der Waals surface area contributed by atoms with Crippen LogP contribution in [0.1, 0.15) is 43.5 Å². The third kappa shape index (κ3) is 4.85. The molecule has 2 fully saturated rings. The molecule has 3 aromatic rings. The first-order valence-electron chi connectivity index (χ1n) is 12.2. The molecule has 2 aliphatic heterocycles. The molecule has 2 aliphatic rings. The zero-order chi connectivity index (χ0) is 25.4. The molecule has 5 rings (SSSR count). The van der Waals surface area contributed by atoms with Crippen molar-refractivity contribution in [1.29, 1.82) is 5.26 Å². The minimum atomic E-state index is -0.262. The van der Waals surface area contributed by atoms with Gasteiger partial charge in [0.1, 0.15) is 17.4 Å². The second-order valence-electron chi connectivity index (χ2n) is 9.73. The van der Waals surface area contributed by atoms with Crippen LogP contribution in [0.15, 0.2) is 24.4 Å². The Kier molecular flexibility index (Phi) is 7.02. The van der Waals surface area contributed by atoms with Crippen molar-refractivity contribution in [3.8, 4) is 6.07 Å². The number of benzene rings is 1. The SMILES string of the molecule is CC(c1ccc(Cl)cc1Cl)n1nc(C#N)c2ncc(N3CC([C@@H]4CCCN(CCC(N)=O)C4)C3)nc21. The fourth-order valence-corrected chi connectivity index (χ4v) is 5.88. The normalized spacial score (nSPS) is 19.7. The molecular formula is C25H28Cl2N8O. The fourth-order valence-electron chi connectivity index (χ4n) is 5.31. The second kappa shape index (κ2) is 10.2. The Labute approximate surface area is 219 Å². The van der Waals surface area contributed by atoms with Gasteiger partial charge in [-0.2, -0.15) is 10.4 Å². The van der Waals surface area contributed by atoms with E-state index in [1.807, 2.05) is 13.0 Å². The number of anilines is 1. The van der Waals surface area contributed by atoms with E-state index in [4.69, 9.17) is 33.9 Å². The lowest BCUT2D eigenvalue weighted by Gasteiger charge is -2.47. The molecule has 2 atom stereocenters. The molecule has 36 heavy (non-hydrogen) atoms. The number of carbonyl (C=O) groups excluding carboxylic acids is 1. The van der Waals surface area contributed by atoms with Crippen LogP contribution in [0.4, 0.5) is 5.82 Å². The van der Waals surface area contributed by atoms with Gasteiger partial charge in [0.2, 0.25) is 5.91 Å². The van der Waals surface area contributed by atoms with Crippen molar-refractivity contribution in [2.24, 2.45) is 17.6 Å². The van der Waals surface area contributed by atoms with Crippen LogP contribution < -0.4 is 10.6 Å². The minimum absolute atomic E-state index is 0.237. The first kappa shape index (κ1) is 24.8. The average molecular weight is 527 g/mol. The molecule has 2 aromatic heterocycles. The molecule has 2 N–H and O–H groups in total. The van der Waals surface area contributed by atoms with Crippen LogP contribution in [0, 0.1) is 23.2 Å². The zero-order valence-electron chi connectivity index (χ0n) is 20.1. The Morgan fingerprint density at radius 1 is 1.28 bits per heavy atom. The van der Waals surface area contributed by atoms with Crippen molar-refractivity contribution in [3.63, 3.8) is 0 Å². The molecule has 1 amide bonds. The fraction of sp³-hybridized carbons (Fsp3) is 0.480. The molecule has 0 bridgehead atoms. The maximum absolute atomic E-state index is 11.2. The maximum atomic E-state index is 11.2. The number of nitriles is 1. The number of nitrogens with zero attached hydrogens (tertiary/aromatic N) is 7. The summed E-state index contributed by atoms with van der Waals surface area (Å²) in [6, 6.07) is 7.22. The summed E-state index contributed by atoms with van der Waals surface area (Å²) in [4.78, 5) is 25.2. The lowest BCUT2D eigenvalue weighted by Crippen LogP contribution is -2.54. The van der Waals surface area contributed by atoms with Crippen LogP contribution in [-0.2, 0) is 4.79 Å². The highest BCUT2D eigenvalue weighted by atomic mass is 35.5. The van der Waals surface area contributed by atoms with Gasteiger partial charge in [0.25, 0.3) is 0 Å². The monoisotopic (exact) mass is 526 g/mol. The Bertz CT molecular complexity index is 1330. The highest BCUT2D eigenvalue weighted by Crippen LogP contribution is 2.35. The lowest BCUT2D eigenvalue weighted by molar-refractivity contribution is -0.118. The number of carbonyl (C=O) groups is 1. The first-order chi connectivity index (χ1) is 17.3. The number of likely N-dealkylation sites (tertiary alicyclic amines) is 1. The summed E-state index contributed by atoms with van der Waals surface area (Å²) in [5, 5.41) is 15.2. The van der Waals surface area contributed by atoms with E-state index in [0.29, 0.717) is 39.5 Å². The van der Waals surface area contributed by atoms with E-state index in [2.05, 4.69) is 26.0 Å². The molecule has 0 radical (unpaired) electrons. The Morgan fingerprint density at radius 3 is 2.81 bits per heavy atom. The molecule has 9 nitrogen and oxygen atoms in total. The Balaban J connectivity index is 1.33. The topological polar surface area (TPSA) is 117 Å². The van der Waals surface area contributed by atoms with Gasteiger partial charge in [0.05, 0.1) is 12.2 Å². The Morgan fingerprint density at radius 2 is 2.08 bits per heavy atom. The number of halogens is 2. The molecule has 0 aliphatic carbocycles. The summed E-state index contributed by atoms with van der Waals surface area (Å²) in [7, 11) is 0. The number of primary amides is 1. The third-order valence-corrected chi connectivity index (χ3v) is 7.96. The van der Waals surface area contributed by atoms with Crippen LogP contribution in [0.2, 0.25) is 10.0 Å². The van der Waals surface area contributed by atoms with Gasteiger partial charge in [0, 0.05) is 42.6 Å². The summed E-state index contributed by atoms with van der Waals surface area (Å²) >= 11 is 12.5. The molecule has 4 heterocycles. The van der Waals surface area contributed by atoms with Crippen LogP contribution >= 0.6 is 23.2 Å². The second-order valence-corrected chi connectivity index (χ2v) is 10.6. The standard InChI is InChI=1S/C25H28Cl2N8O/c1-15(19-5-4-18(26)9-20(19)27)35-25-24(21(10-28)32-35)30-11-23(31-25)34-13-17(14-34)16-3-2-7-33(12-16)8-6-22(29)36/h4-5,9,11,15-17H,2-3,6-8,12-14H2,1H3,(H2,29,36)/t15?,16-/m1/s1. The average Bonchev–Trinajstić information content (AvgIpc) is 3.20. The quantitative estimate of drug-likeness (QED) is 0.499. The van der Waals surface area contributed by atoms with Gasteiger partial charge < -0.3 is 15.5 Å². The number of fused-ring (bicyclic) bond motifs is 1. The first-order valence-corrected chi connectivity index (χ1v) is 13.0. The van der Waals surface area contributed by atoms with Gasteiger partial charge in [0.15, 0.2) is 11.3 Å². The predicted octanol–water partition coefficient (Wildman–Crippen LogP) is 3.64. The number of amides is 1. The summed E-state index contributed by atoms with van der Waals surface area (Å²) in [6.45, 7) is 6.56. The molecule has 1 aromatic carbocycles. The van der Waals surface area contributed by atoms with Crippen molar-refractivity contribution < 1.29 is 4.79 Å². The maximum Gasteiger partial charge on any atom is 0.218 e. The summed E-state index contributed by atoms with van der Waals surface area (Å²) in [5.41, 5.74) is 7.44. The highest BCUT2D eigenvalue weighted by Gasteiger charge is 2.36. The van der Waals surface area contributed by atoms with E-state index in [-0.39, 0.29) is 17.6 Å². The number of hydrogen-bond acceptors (Lipinski definition) is 7. The molecule has 0 spiro atoms. The molecular weight excluding hydrogens is 499 g/mol. The van der Waals surface area contributed by atoms with Gasteiger partial charge in [-0.15, -0.1) is 0 Å². The predicted molar refractivity (Wildman–Crippen MR) is 139 cm³/mol. The molecule has 1 unspecified atom stereocenters. The lowest BCUT2D eigenvalue weighted by atomic mass is 9.80. The Hall–Kier alpha value is -2.93. The molecule has 188 valence electrons. The van der Waals surface area contributed by atoms with Crippen LogP contribution in [0.3, 0.4) is 0 Å². The van der Waals surface area contributed by atoms with Crippen LogP contribution in [-0.4, -0.2) is 63.3 Å². The van der Waals surface area contributed by atoms with Crippen molar-refractivity contribution in [1.82, 2.24) is 24.6 Å². The number of rotatable bonds is 7. The number of piperidine rings is 1. The summed E-state index contributed by atoms with van der Waals surface area (Å²) in [6.07, 6.45) is 4.49. The number of hydrogen-bond donors (Lipinski definition) is 1. The van der Waals surface area contributed by atoms with Gasteiger partial charge in [-0.1, -0.05) is 29.3 Å². The van der Waals surface area contributed by atoms with Gasteiger partial charge in [-0.25, -0.2) is 14.6 Å². The van der Waals surface area contributed by atoms with Crippen molar-refractivity contribution >= 4 is 46.1 Å². The van der Waals surface area contributed by atoms with Crippen molar-refractivity contribution in [2.75, 3.05) is 37.6 Å². The van der Waals surface area contributed by atoms with Gasteiger partial charge in [-0.3, -0.25) is 4.79 Å². The smallest absolute Gasteiger partial charge is 0.218 e. The van der Waals surface area contributed by atoms with E-state index in [1.165, 1.54) is 6.42 Å². The molecule has 0 saturated carbocycles. The summed E-state index contributed by atoms with van der Waals surface area (Å²) < 4.78 is 1.72. The van der Waals surface area contributed by atoms with Crippen molar-refractivity contribution in [2.45, 2.75) is 32.2 Å². The number of nitrogens with two attached hydrogens (primary N) is 1. The summed E-state index contributed by atoms with van der Waals surface area (Å²) in [5.74, 6) is 1.71. The third-order valence-electron chi connectivity index (χ3n) is 7.39. The van der Waals surface area contributed by atoms with E-state index >= 15 is 0 Å². The van der Waals surface area contributed by atoms with E-state index in [0.717, 1.165) is 50.5 Å². The van der Waals surface area contributed by atoms with E-state index in [1.54, 1.807) is 23.0 Å².